The molecule has 9 heteroatoms. The molecule has 150 valence electrons. The lowest BCUT2D eigenvalue weighted by molar-refractivity contribution is -0.274. The van der Waals surface area contributed by atoms with Crippen LogP contribution in [0.15, 0.2) is 59.5 Å². The Morgan fingerprint density at radius 1 is 1.00 bits per heavy atom. The molecule has 1 heterocycles. The summed E-state index contributed by atoms with van der Waals surface area (Å²) in [5, 5.41) is -1.65. The Balaban J connectivity index is 2.07. The molecule has 0 unspecified atom stereocenters. The zero-order valence-electron chi connectivity index (χ0n) is 14.7. The van der Waals surface area contributed by atoms with E-state index in [0.29, 0.717) is 13.1 Å². The topological polar surface area (TPSA) is 63.7 Å². The zero-order chi connectivity index (χ0) is 20.4. The van der Waals surface area contributed by atoms with Gasteiger partial charge in [0.15, 0.2) is 15.1 Å². The van der Waals surface area contributed by atoms with Gasteiger partial charge < -0.3 is 9.64 Å². The van der Waals surface area contributed by atoms with Crippen LogP contribution in [0.25, 0.3) is 0 Å². The van der Waals surface area contributed by atoms with Crippen molar-refractivity contribution in [1.29, 1.82) is 0 Å². The molecule has 1 amide bonds. The third kappa shape index (κ3) is 4.46. The molecule has 0 radical (unpaired) electrons. The van der Waals surface area contributed by atoms with Gasteiger partial charge >= 0.3 is 6.36 Å². The van der Waals surface area contributed by atoms with Crippen molar-refractivity contribution in [3.63, 3.8) is 0 Å². The summed E-state index contributed by atoms with van der Waals surface area (Å²) in [6, 6.07) is 12.0. The van der Waals surface area contributed by atoms with Gasteiger partial charge in [0.2, 0.25) is 5.91 Å². The van der Waals surface area contributed by atoms with Crippen LogP contribution in [-0.2, 0) is 14.6 Å². The molecule has 1 saturated heterocycles. The van der Waals surface area contributed by atoms with Gasteiger partial charge in [-0.2, -0.15) is 0 Å². The van der Waals surface area contributed by atoms with Crippen LogP contribution in [0, 0.1) is 0 Å². The summed E-state index contributed by atoms with van der Waals surface area (Å²) < 4.78 is 68.0. The molecule has 0 aliphatic carbocycles. The highest BCUT2D eigenvalue weighted by Crippen LogP contribution is 2.34. The van der Waals surface area contributed by atoms with Gasteiger partial charge in [-0.15, -0.1) is 13.2 Å². The van der Waals surface area contributed by atoms with E-state index in [-0.39, 0.29) is 10.5 Å². The van der Waals surface area contributed by atoms with Crippen LogP contribution in [0.5, 0.6) is 5.75 Å². The molecule has 0 bridgehead atoms. The van der Waals surface area contributed by atoms with Crippen molar-refractivity contribution in [1.82, 2.24) is 4.90 Å². The lowest BCUT2D eigenvalue weighted by atomic mass is 10.1. The van der Waals surface area contributed by atoms with Gasteiger partial charge in [0.25, 0.3) is 0 Å². The first-order valence-corrected chi connectivity index (χ1v) is 10.2. The van der Waals surface area contributed by atoms with E-state index >= 15 is 0 Å². The van der Waals surface area contributed by atoms with E-state index in [9.17, 15) is 26.4 Å². The quantitative estimate of drug-likeness (QED) is 0.750. The lowest BCUT2D eigenvalue weighted by Gasteiger charge is -2.24. The van der Waals surface area contributed by atoms with E-state index < -0.39 is 33.1 Å². The van der Waals surface area contributed by atoms with Gasteiger partial charge in [-0.1, -0.05) is 30.3 Å². The Kier molecular flexibility index (Phi) is 5.64. The number of hydrogen-bond acceptors (Lipinski definition) is 4. The van der Waals surface area contributed by atoms with E-state index in [2.05, 4.69) is 4.74 Å². The van der Waals surface area contributed by atoms with Gasteiger partial charge in [0.05, 0.1) is 4.90 Å². The van der Waals surface area contributed by atoms with Crippen LogP contribution < -0.4 is 4.74 Å². The second kappa shape index (κ2) is 7.83. The molecule has 1 aliphatic rings. The monoisotopic (exact) mass is 413 g/mol. The molecule has 2 aromatic carbocycles. The van der Waals surface area contributed by atoms with E-state index in [4.69, 9.17) is 0 Å². The molecule has 1 atom stereocenters. The molecule has 0 spiro atoms. The second-order valence-electron chi connectivity index (χ2n) is 6.39. The summed E-state index contributed by atoms with van der Waals surface area (Å²) in [4.78, 5) is 14.4. The third-order valence-electron chi connectivity index (χ3n) is 4.42. The minimum atomic E-state index is -4.93. The standard InChI is InChI=1S/C19H18F3NO4S/c20-19(21,22)27-15-8-6-7-14(13-15)17(18(24)23-11-4-5-12-23)28(25,26)16-9-2-1-3-10-16/h1-3,6-10,13,17H,4-5,11-12H2/t17-/m1/s1. The van der Waals surface area contributed by atoms with Gasteiger partial charge in [0, 0.05) is 13.1 Å². The zero-order valence-corrected chi connectivity index (χ0v) is 15.5. The van der Waals surface area contributed by atoms with Crippen LogP contribution in [-0.4, -0.2) is 38.7 Å². The molecule has 0 N–H and O–H groups in total. The number of rotatable bonds is 5. The fourth-order valence-electron chi connectivity index (χ4n) is 3.18. The Labute approximate surface area is 160 Å². The molecule has 0 saturated carbocycles. The summed E-state index contributed by atoms with van der Waals surface area (Å²) in [6.45, 7) is 0.830. The number of benzene rings is 2. The summed E-state index contributed by atoms with van der Waals surface area (Å²) in [7, 11) is -4.18. The van der Waals surface area contributed by atoms with E-state index in [1.807, 2.05) is 0 Å². The lowest BCUT2D eigenvalue weighted by Crippen LogP contribution is -2.36. The predicted octanol–water partition coefficient (Wildman–Crippen LogP) is 3.72. The number of nitrogens with zero attached hydrogens (tertiary/aromatic N) is 1. The Bertz CT molecular complexity index is 939. The first-order chi connectivity index (χ1) is 13.2. The molecule has 1 aliphatic heterocycles. The van der Waals surface area contributed by atoms with Crippen LogP contribution in [0.2, 0.25) is 0 Å². The normalized spacial score (nSPS) is 16.0. The minimum Gasteiger partial charge on any atom is -0.406 e. The number of halogens is 3. The highest BCUT2D eigenvalue weighted by atomic mass is 32.2. The summed E-state index contributed by atoms with van der Waals surface area (Å²) in [5.41, 5.74) is -0.0671. The van der Waals surface area contributed by atoms with Crippen molar-refractivity contribution < 1.29 is 31.1 Å². The number of alkyl halides is 3. The van der Waals surface area contributed by atoms with Crippen molar-refractivity contribution in [2.24, 2.45) is 0 Å². The maximum Gasteiger partial charge on any atom is 0.573 e. The molecule has 1 fully saturated rings. The van der Waals surface area contributed by atoms with Crippen LogP contribution >= 0.6 is 0 Å². The SMILES string of the molecule is O=C([C@@H](c1cccc(OC(F)(F)F)c1)S(=O)(=O)c1ccccc1)N1CCCC1. The fourth-order valence-corrected chi connectivity index (χ4v) is 4.91. The summed E-state index contributed by atoms with van der Waals surface area (Å²) >= 11 is 0. The molecule has 0 aromatic heterocycles. The van der Waals surface area contributed by atoms with Crippen molar-refractivity contribution in [3.05, 3.63) is 60.2 Å². The number of hydrogen-bond donors (Lipinski definition) is 0. The highest BCUT2D eigenvalue weighted by Gasteiger charge is 2.39. The van der Waals surface area contributed by atoms with Gasteiger partial charge in [-0.25, -0.2) is 8.42 Å². The molecular weight excluding hydrogens is 395 g/mol. The average molecular weight is 413 g/mol. The number of carbonyl (C=O) groups is 1. The molecule has 5 nitrogen and oxygen atoms in total. The van der Waals surface area contributed by atoms with Crippen molar-refractivity contribution in [3.8, 4) is 5.75 Å². The minimum absolute atomic E-state index is 0.0671. The highest BCUT2D eigenvalue weighted by molar-refractivity contribution is 7.92. The van der Waals surface area contributed by atoms with Gasteiger partial charge in [-0.3, -0.25) is 4.79 Å². The molecule has 2 aromatic rings. The maximum atomic E-state index is 13.2. The average Bonchev–Trinajstić information content (AvgIpc) is 3.16. The van der Waals surface area contributed by atoms with Gasteiger partial charge in [-0.05, 0) is 42.7 Å². The van der Waals surface area contributed by atoms with E-state index in [1.165, 1.54) is 41.3 Å². The Morgan fingerprint density at radius 3 is 2.25 bits per heavy atom. The second-order valence-corrected chi connectivity index (χ2v) is 8.42. The Hall–Kier alpha value is -2.55. The first kappa shape index (κ1) is 20.2. The smallest absolute Gasteiger partial charge is 0.406 e. The first-order valence-electron chi connectivity index (χ1n) is 8.62. The van der Waals surface area contributed by atoms with E-state index in [0.717, 1.165) is 25.0 Å². The largest absolute Gasteiger partial charge is 0.573 e. The number of amides is 1. The molecular formula is C19H18F3NO4S. The van der Waals surface area contributed by atoms with Gasteiger partial charge in [0.1, 0.15) is 5.75 Å². The summed E-state index contributed by atoms with van der Waals surface area (Å²) in [5.74, 6) is -1.22. The predicted molar refractivity (Wildman–Crippen MR) is 95.3 cm³/mol. The number of carbonyl (C=O) groups excluding carboxylic acids is 1. The molecule has 3 rings (SSSR count). The van der Waals surface area contributed by atoms with Crippen LogP contribution in [0.4, 0.5) is 13.2 Å². The van der Waals surface area contributed by atoms with Crippen molar-refractivity contribution in [2.75, 3.05) is 13.1 Å². The van der Waals surface area contributed by atoms with Crippen molar-refractivity contribution in [2.45, 2.75) is 29.3 Å². The third-order valence-corrected chi connectivity index (χ3v) is 6.44. The maximum absolute atomic E-state index is 13.2. The van der Waals surface area contributed by atoms with Crippen molar-refractivity contribution >= 4 is 15.7 Å². The van der Waals surface area contributed by atoms with Crippen LogP contribution in [0.3, 0.4) is 0 Å². The van der Waals surface area contributed by atoms with Crippen LogP contribution in [0.1, 0.15) is 23.7 Å². The summed E-state index contributed by atoms with van der Waals surface area (Å²) in [6.07, 6.45) is -3.42. The molecule has 28 heavy (non-hydrogen) atoms. The number of ether oxygens (including phenoxy) is 1. The number of likely N-dealkylation sites (tertiary alicyclic amines) is 1. The van der Waals surface area contributed by atoms with E-state index in [1.54, 1.807) is 6.07 Å². The Morgan fingerprint density at radius 2 is 1.64 bits per heavy atom. The number of sulfone groups is 1. The fraction of sp³-hybridized carbons (Fsp3) is 0.316.